The van der Waals surface area contributed by atoms with Gasteiger partial charge in [0.05, 0.1) is 12.2 Å². The van der Waals surface area contributed by atoms with E-state index in [9.17, 15) is 0 Å². The maximum atomic E-state index is 6.20. The summed E-state index contributed by atoms with van der Waals surface area (Å²) in [4.78, 5) is 2.66. The molecule has 3 nitrogen and oxygen atoms in total. The van der Waals surface area contributed by atoms with Crippen molar-refractivity contribution in [3.05, 3.63) is 0 Å². The van der Waals surface area contributed by atoms with E-state index >= 15 is 0 Å². The van der Waals surface area contributed by atoms with Crippen LogP contribution in [0.25, 0.3) is 0 Å². The van der Waals surface area contributed by atoms with Crippen molar-refractivity contribution in [2.24, 2.45) is 11.3 Å². The third kappa shape index (κ3) is 5.54. The highest BCUT2D eigenvalue weighted by molar-refractivity contribution is 4.82. The Hall–Kier alpha value is -0.120. The number of likely N-dealkylation sites (N-methyl/N-ethyl adjacent to an activating group) is 1. The smallest absolute Gasteiger partial charge is 0.0707 e. The van der Waals surface area contributed by atoms with Gasteiger partial charge in [-0.05, 0) is 63.1 Å². The fraction of sp³-hybridized carbons (Fsp3) is 1.00. The lowest BCUT2D eigenvalue weighted by Crippen LogP contribution is -2.35. The fourth-order valence-electron chi connectivity index (χ4n) is 3.86. The molecular formula is C18H36N2O. The third-order valence-electron chi connectivity index (χ3n) is 5.32. The third-order valence-corrected chi connectivity index (χ3v) is 5.32. The second-order valence-electron chi connectivity index (χ2n) is 8.06. The summed E-state index contributed by atoms with van der Waals surface area (Å²) in [5, 5.41) is 3.41. The van der Waals surface area contributed by atoms with Gasteiger partial charge in [0.15, 0.2) is 0 Å². The summed E-state index contributed by atoms with van der Waals surface area (Å²) in [7, 11) is 0. The van der Waals surface area contributed by atoms with Crippen LogP contribution in [0.3, 0.4) is 0 Å². The van der Waals surface area contributed by atoms with Crippen molar-refractivity contribution in [3.8, 4) is 0 Å². The molecule has 3 heteroatoms. The van der Waals surface area contributed by atoms with Crippen LogP contribution in [0.15, 0.2) is 0 Å². The van der Waals surface area contributed by atoms with Crippen LogP contribution >= 0.6 is 0 Å². The molecule has 0 aliphatic carbocycles. The molecule has 2 saturated heterocycles. The van der Waals surface area contributed by atoms with Gasteiger partial charge in [0.25, 0.3) is 0 Å². The predicted octanol–water partition coefficient (Wildman–Crippen LogP) is 3.29. The first kappa shape index (κ1) is 17.2. The minimum atomic E-state index is 0.448. The molecule has 21 heavy (non-hydrogen) atoms. The lowest BCUT2D eigenvalue weighted by Gasteiger charge is -2.30. The Morgan fingerprint density at radius 3 is 2.52 bits per heavy atom. The zero-order valence-electron chi connectivity index (χ0n) is 14.7. The number of rotatable bonds is 5. The molecule has 0 radical (unpaired) electrons. The Balaban J connectivity index is 1.72. The number of ether oxygens (including phenoxy) is 1. The largest absolute Gasteiger partial charge is 0.372 e. The second-order valence-corrected chi connectivity index (χ2v) is 8.06. The first-order valence-electron chi connectivity index (χ1n) is 9.07. The Morgan fingerprint density at radius 2 is 1.81 bits per heavy atom. The maximum Gasteiger partial charge on any atom is 0.0707 e. The van der Waals surface area contributed by atoms with E-state index in [4.69, 9.17) is 4.74 Å². The van der Waals surface area contributed by atoms with E-state index in [1.807, 2.05) is 0 Å². The average Bonchev–Trinajstić information content (AvgIpc) is 2.71. The molecule has 1 N–H and O–H groups in total. The van der Waals surface area contributed by atoms with Crippen LogP contribution in [-0.2, 0) is 4.74 Å². The molecule has 0 amide bonds. The van der Waals surface area contributed by atoms with Crippen LogP contribution < -0.4 is 5.32 Å². The molecule has 2 rings (SSSR count). The van der Waals surface area contributed by atoms with Crippen molar-refractivity contribution in [3.63, 3.8) is 0 Å². The molecule has 2 fully saturated rings. The highest BCUT2D eigenvalue weighted by Gasteiger charge is 2.30. The molecule has 3 unspecified atom stereocenters. The normalized spacial score (nSPS) is 32.3. The van der Waals surface area contributed by atoms with Gasteiger partial charge in [0, 0.05) is 13.1 Å². The Bertz CT molecular complexity index is 300. The standard InChI is InChI=1S/C18H36N2O/c1-5-19-13-16-8-9-17(21-16)14-20-11-6-7-15(10-12-20)18(2,3)4/h15-17,19H,5-14H2,1-4H3. The molecule has 0 bridgehead atoms. The molecule has 2 aliphatic rings. The van der Waals surface area contributed by atoms with E-state index in [1.54, 1.807) is 0 Å². The Morgan fingerprint density at radius 1 is 1.05 bits per heavy atom. The van der Waals surface area contributed by atoms with E-state index in [0.717, 1.165) is 25.6 Å². The lowest BCUT2D eigenvalue weighted by molar-refractivity contribution is 0.0237. The van der Waals surface area contributed by atoms with Crippen LogP contribution in [-0.4, -0.2) is 49.8 Å². The number of nitrogens with zero attached hydrogens (tertiary/aromatic N) is 1. The Labute approximate surface area is 131 Å². The SMILES string of the molecule is CCNCC1CCC(CN2CCCC(C(C)(C)C)CC2)O1. The molecule has 2 aliphatic heterocycles. The summed E-state index contributed by atoms with van der Waals surface area (Å²) in [5.41, 5.74) is 0.469. The van der Waals surface area contributed by atoms with Crippen molar-refractivity contribution < 1.29 is 4.74 Å². The van der Waals surface area contributed by atoms with Gasteiger partial charge in [-0.2, -0.15) is 0 Å². The minimum Gasteiger partial charge on any atom is -0.372 e. The summed E-state index contributed by atoms with van der Waals surface area (Å²) >= 11 is 0. The second kappa shape index (κ2) is 7.94. The van der Waals surface area contributed by atoms with Crippen LogP contribution in [0.4, 0.5) is 0 Å². The first-order valence-corrected chi connectivity index (χ1v) is 9.07. The van der Waals surface area contributed by atoms with Gasteiger partial charge in [-0.3, -0.25) is 0 Å². The summed E-state index contributed by atoms with van der Waals surface area (Å²) < 4.78 is 6.20. The molecule has 124 valence electrons. The van der Waals surface area contributed by atoms with Crippen molar-refractivity contribution in [2.45, 2.75) is 72.0 Å². The number of hydrogen-bond donors (Lipinski definition) is 1. The molecule has 0 spiro atoms. The van der Waals surface area contributed by atoms with Crippen LogP contribution in [0, 0.1) is 11.3 Å². The van der Waals surface area contributed by atoms with E-state index in [-0.39, 0.29) is 0 Å². The highest BCUT2D eigenvalue weighted by atomic mass is 16.5. The molecule has 0 aromatic rings. The van der Waals surface area contributed by atoms with Crippen molar-refractivity contribution in [1.29, 1.82) is 0 Å². The lowest BCUT2D eigenvalue weighted by atomic mass is 9.77. The van der Waals surface area contributed by atoms with Crippen molar-refractivity contribution in [1.82, 2.24) is 10.2 Å². The summed E-state index contributed by atoms with van der Waals surface area (Å²) in [6, 6.07) is 0. The molecule has 2 heterocycles. The zero-order chi connectivity index (χ0) is 15.3. The van der Waals surface area contributed by atoms with Gasteiger partial charge in [0.1, 0.15) is 0 Å². The van der Waals surface area contributed by atoms with E-state index in [2.05, 4.69) is 37.9 Å². The van der Waals surface area contributed by atoms with Gasteiger partial charge in [-0.15, -0.1) is 0 Å². The fourth-order valence-corrected chi connectivity index (χ4v) is 3.86. The average molecular weight is 296 g/mol. The molecule has 0 aromatic carbocycles. The molecule has 0 saturated carbocycles. The van der Waals surface area contributed by atoms with Crippen molar-refractivity contribution in [2.75, 3.05) is 32.7 Å². The zero-order valence-corrected chi connectivity index (χ0v) is 14.7. The first-order chi connectivity index (χ1) is 9.99. The predicted molar refractivity (Wildman–Crippen MR) is 89.7 cm³/mol. The van der Waals surface area contributed by atoms with Crippen molar-refractivity contribution >= 4 is 0 Å². The molecule has 3 atom stereocenters. The number of nitrogens with one attached hydrogen (secondary N) is 1. The minimum absolute atomic E-state index is 0.448. The highest BCUT2D eigenvalue weighted by Crippen LogP contribution is 2.34. The quantitative estimate of drug-likeness (QED) is 0.842. The monoisotopic (exact) mass is 296 g/mol. The Kier molecular flexibility index (Phi) is 6.51. The van der Waals surface area contributed by atoms with Crippen LogP contribution in [0.2, 0.25) is 0 Å². The summed E-state index contributed by atoms with van der Waals surface area (Å²) in [6.45, 7) is 15.1. The van der Waals surface area contributed by atoms with E-state index in [1.165, 1.54) is 45.2 Å². The molecule has 0 aromatic heterocycles. The van der Waals surface area contributed by atoms with Gasteiger partial charge in [-0.1, -0.05) is 27.7 Å². The van der Waals surface area contributed by atoms with Gasteiger partial charge < -0.3 is 15.0 Å². The number of hydrogen-bond acceptors (Lipinski definition) is 3. The van der Waals surface area contributed by atoms with Gasteiger partial charge >= 0.3 is 0 Å². The maximum absolute atomic E-state index is 6.20. The topological polar surface area (TPSA) is 24.5 Å². The number of likely N-dealkylation sites (tertiary alicyclic amines) is 1. The van der Waals surface area contributed by atoms with E-state index < -0.39 is 0 Å². The van der Waals surface area contributed by atoms with Crippen LogP contribution in [0.5, 0.6) is 0 Å². The van der Waals surface area contributed by atoms with Gasteiger partial charge in [0.2, 0.25) is 0 Å². The summed E-state index contributed by atoms with van der Waals surface area (Å²) in [5.74, 6) is 0.883. The van der Waals surface area contributed by atoms with E-state index in [0.29, 0.717) is 17.6 Å². The van der Waals surface area contributed by atoms with Crippen LogP contribution in [0.1, 0.15) is 59.8 Å². The molecular weight excluding hydrogens is 260 g/mol. The van der Waals surface area contributed by atoms with Gasteiger partial charge in [-0.25, -0.2) is 0 Å². The summed E-state index contributed by atoms with van der Waals surface area (Å²) in [6.07, 6.45) is 7.51.